The van der Waals surface area contributed by atoms with Gasteiger partial charge in [0.15, 0.2) is 0 Å². The molecule has 0 saturated heterocycles. The molecule has 1 N–H and O–H groups in total. The zero-order valence-electron chi connectivity index (χ0n) is 27.9. The molecule has 1 aromatic rings. The standard InChI is InChI=1S/C39H55NOSi2/c1-39(2,3)41-24-16-8-9-17-25-43(7,35-26-28(27-42(4,5)6)29-18-10-11-19-30(29)35)38-32-21-13-12-20-31(32)37-36(38)33-22-14-15-23-34(33)40-37/h10,12-15,18-23,26,31-32,36-38,40H,8-9,11,16-17,24-25,27H2,1-7H3. The second kappa shape index (κ2) is 12.0. The lowest BCUT2D eigenvalue weighted by Crippen LogP contribution is -2.43. The van der Waals surface area contributed by atoms with E-state index in [0.717, 1.165) is 13.0 Å². The number of rotatable bonds is 11. The van der Waals surface area contributed by atoms with Gasteiger partial charge in [-0.05, 0) is 79.5 Å². The van der Waals surface area contributed by atoms with E-state index >= 15 is 0 Å². The number of hydrogen-bond acceptors (Lipinski definition) is 2. The molecular formula is C39H55NOSi2. The topological polar surface area (TPSA) is 21.3 Å². The van der Waals surface area contributed by atoms with Gasteiger partial charge in [0.2, 0.25) is 0 Å². The van der Waals surface area contributed by atoms with Gasteiger partial charge >= 0.3 is 0 Å². The van der Waals surface area contributed by atoms with E-state index in [1.165, 1.54) is 43.5 Å². The van der Waals surface area contributed by atoms with Crippen LogP contribution in [-0.2, 0) is 4.74 Å². The van der Waals surface area contributed by atoms with Gasteiger partial charge in [0.05, 0.1) is 13.7 Å². The first-order chi connectivity index (χ1) is 20.5. The van der Waals surface area contributed by atoms with Gasteiger partial charge in [0, 0.05) is 38.2 Å². The molecule has 0 aromatic heterocycles. The highest BCUT2D eigenvalue weighted by molar-refractivity contribution is 6.88. The number of nitrogens with one attached hydrogen (secondary N) is 1. The number of para-hydroxylation sites is 1. The first kappa shape index (κ1) is 30.9. The lowest BCUT2D eigenvalue weighted by Gasteiger charge is -2.42. The maximum Gasteiger partial charge on any atom is 0.0888 e. The quantitative estimate of drug-likeness (QED) is 0.199. The molecule has 2 nitrogen and oxygen atoms in total. The number of ether oxygens (including phenoxy) is 1. The summed E-state index contributed by atoms with van der Waals surface area (Å²) in [5, 5.41) is 5.85. The van der Waals surface area contributed by atoms with Crippen molar-refractivity contribution in [1.82, 2.24) is 0 Å². The fourth-order valence-corrected chi connectivity index (χ4v) is 16.1. The SMILES string of the molecule is CC(C)(C)OCCCCCC[Si](C)(C1=CC(C[Si](C)(C)C)=C2C=CCC=C12)C1C2C=CC=CC2C2Nc3ccccc3C21. The highest BCUT2D eigenvalue weighted by Gasteiger charge is 2.60. The Morgan fingerprint density at radius 2 is 1.67 bits per heavy atom. The summed E-state index contributed by atoms with van der Waals surface area (Å²) in [6, 6.07) is 12.4. The summed E-state index contributed by atoms with van der Waals surface area (Å²) in [4.78, 5) is 0. The maximum absolute atomic E-state index is 6.05. The Morgan fingerprint density at radius 3 is 2.44 bits per heavy atom. The monoisotopic (exact) mass is 609 g/mol. The third kappa shape index (κ3) is 6.22. The van der Waals surface area contributed by atoms with Crippen molar-refractivity contribution in [2.45, 2.75) is 114 Å². The minimum Gasteiger partial charge on any atom is -0.381 e. The molecule has 0 amide bonds. The predicted molar refractivity (Wildman–Crippen MR) is 191 cm³/mol. The van der Waals surface area contributed by atoms with E-state index < -0.39 is 16.1 Å². The molecule has 4 heteroatoms. The van der Waals surface area contributed by atoms with Crippen molar-refractivity contribution in [2.24, 2.45) is 11.8 Å². The van der Waals surface area contributed by atoms with Gasteiger partial charge in [-0.1, -0.05) is 123 Å². The van der Waals surface area contributed by atoms with Crippen molar-refractivity contribution in [3.63, 3.8) is 0 Å². The minimum atomic E-state index is -1.99. The molecule has 1 heterocycles. The molecule has 1 fully saturated rings. The third-order valence-electron chi connectivity index (χ3n) is 10.7. The summed E-state index contributed by atoms with van der Waals surface area (Å²) in [6.45, 7) is 17.8. The van der Waals surface area contributed by atoms with Gasteiger partial charge in [0.1, 0.15) is 0 Å². The van der Waals surface area contributed by atoms with Crippen LogP contribution in [0.25, 0.3) is 0 Å². The van der Waals surface area contributed by atoms with Crippen molar-refractivity contribution >= 4 is 21.8 Å². The third-order valence-corrected chi connectivity index (χ3v) is 17.3. The van der Waals surface area contributed by atoms with E-state index in [2.05, 4.69) is 125 Å². The smallest absolute Gasteiger partial charge is 0.0888 e. The predicted octanol–water partition coefficient (Wildman–Crippen LogP) is 10.8. The zero-order valence-corrected chi connectivity index (χ0v) is 29.9. The summed E-state index contributed by atoms with van der Waals surface area (Å²) < 4.78 is 6.05. The Kier molecular flexibility index (Phi) is 8.60. The molecule has 0 radical (unpaired) electrons. The number of fused-ring (bicyclic) bond motifs is 6. The second-order valence-electron chi connectivity index (χ2n) is 16.3. The van der Waals surface area contributed by atoms with Crippen molar-refractivity contribution in [1.29, 1.82) is 0 Å². The number of allylic oxidation sites excluding steroid dienone is 11. The van der Waals surface area contributed by atoms with Crippen LogP contribution in [0.4, 0.5) is 5.69 Å². The zero-order chi connectivity index (χ0) is 30.4. The Labute approximate surface area is 264 Å². The van der Waals surface area contributed by atoms with Gasteiger partial charge in [-0.25, -0.2) is 0 Å². The summed E-state index contributed by atoms with van der Waals surface area (Å²) in [7, 11) is -3.26. The highest BCUT2D eigenvalue weighted by Crippen LogP contribution is 2.64. The van der Waals surface area contributed by atoms with E-state index in [-0.39, 0.29) is 5.60 Å². The first-order valence-corrected chi connectivity index (χ1v) is 23.6. The van der Waals surface area contributed by atoms with Gasteiger partial charge in [-0.2, -0.15) is 0 Å². The molecule has 5 aliphatic rings. The van der Waals surface area contributed by atoms with E-state index in [0.29, 0.717) is 29.3 Å². The number of unbranched alkanes of at least 4 members (excludes halogenated alkanes) is 3. The largest absolute Gasteiger partial charge is 0.381 e. The molecule has 0 spiro atoms. The van der Waals surface area contributed by atoms with E-state index in [4.69, 9.17) is 4.74 Å². The summed E-state index contributed by atoms with van der Waals surface area (Å²) in [6.07, 6.45) is 26.2. The van der Waals surface area contributed by atoms with E-state index in [9.17, 15) is 0 Å². The molecule has 230 valence electrons. The molecule has 1 saturated carbocycles. The van der Waals surface area contributed by atoms with Crippen LogP contribution in [0.15, 0.2) is 94.8 Å². The fraction of sp³-hybridized carbons (Fsp3) is 0.538. The van der Waals surface area contributed by atoms with Crippen LogP contribution in [0.1, 0.15) is 64.4 Å². The number of hydrogen-bond donors (Lipinski definition) is 1. The van der Waals surface area contributed by atoms with Gasteiger partial charge in [0.25, 0.3) is 0 Å². The Hall–Kier alpha value is -2.15. The molecule has 43 heavy (non-hydrogen) atoms. The van der Waals surface area contributed by atoms with Crippen LogP contribution < -0.4 is 5.32 Å². The minimum absolute atomic E-state index is 0.0376. The van der Waals surface area contributed by atoms with E-state index in [1.807, 2.05) is 0 Å². The molecule has 1 aromatic carbocycles. The normalized spacial score (nSPS) is 28.6. The second-order valence-corrected chi connectivity index (χ2v) is 26.3. The first-order valence-electron chi connectivity index (χ1n) is 17.1. The molecule has 6 rings (SSSR count). The van der Waals surface area contributed by atoms with Crippen LogP contribution in [-0.4, -0.2) is 34.4 Å². The van der Waals surface area contributed by atoms with Crippen molar-refractivity contribution in [3.8, 4) is 0 Å². The highest BCUT2D eigenvalue weighted by atomic mass is 28.3. The van der Waals surface area contributed by atoms with Gasteiger partial charge < -0.3 is 10.1 Å². The van der Waals surface area contributed by atoms with Crippen molar-refractivity contribution in [2.75, 3.05) is 11.9 Å². The maximum atomic E-state index is 6.05. The average molecular weight is 610 g/mol. The lowest BCUT2D eigenvalue weighted by molar-refractivity contribution is -0.00471. The van der Waals surface area contributed by atoms with Crippen LogP contribution in [0.5, 0.6) is 0 Å². The average Bonchev–Trinajstić information content (AvgIpc) is 3.61. The van der Waals surface area contributed by atoms with Crippen molar-refractivity contribution in [3.05, 3.63) is 100 Å². The van der Waals surface area contributed by atoms with Gasteiger partial charge in [-0.15, -0.1) is 0 Å². The van der Waals surface area contributed by atoms with Gasteiger partial charge in [-0.3, -0.25) is 0 Å². The fourth-order valence-electron chi connectivity index (χ4n) is 8.99. The molecule has 6 atom stereocenters. The Morgan fingerprint density at radius 1 is 0.930 bits per heavy atom. The number of benzene rings is 1. The Balaban J connectivity index is 1.36. The molecule has 4 aliphatic carbocycles. The van der Waals surface area contributed by atoms with Crippen LogP contribution >= 0.6 is 0 Å². The molecular weight excluding hydrogens is 555 g/mol. The Bertz CT molecular complexity index is 1400. The van der Waals surface area contributed by atoms with Crippen LogP contribution in [0, 0.1) is 11.8 Å². The molecule has 6 unspecified atom stereocenters. The summed E-state index contributed by atoms with van der Waals surface area (Å²) >= 11 is 0. The van der Waals surface area contributed by atoms with Crippen molar-refractivity contribution < 1.29 is 4.74 Å². The van der Waals surface area contributed by atoms with E-state index in [1.54, 1.807) is 27.5 Å². The van der Waals surface area contributed by atoms with Crippen LogP contribution in [0.2, 0.25) is 43.8 Å². The lowest BCUT2D eigenvalue weighted by atomic mass is 9.89. The summed E-state index contributed by atoms with van der Waals surface area (Å²) in [5.41, 5.74) is 8.45. The van der Waals surface area contributed by atoms with Crippen LogP contribution in [0.3, 0.4) is 0 Å². The number of anilines is 1. The molecule has 0 bridgehead atoms. The summed E-state index contributed by atoms with van der Waals surface area (Å²) in [5.74, 6) is 1.77. The molecule has 1 aliphatic heterocycles.